The number of rotatable bonds is 4. The Kier molecular flexibility index (Phi) is 5.45. The molecule has 26 heavy (non-hydrogen) atoms. The molecule has 1 aliphatic rings. The molecule has 1 atom stereocenters. The van der Waals surface area contributed by atoms with Crippen LogP contribution in [0.2, 0.25) is 0 Å². The maximum absolute atomic E-state index is 14.0. The Balaban J connectivity index is 1.93. The highest BCUT2D eigenvalue weighted by Gasteiger charge is 2.38. The molecule has 5 nitrogen and oxygen atoms in total. The van der Waals surface area contributed by atoms with Crippen LogP contribution < -0.4 is 5.32 Å². The smallest absolute Gasteiger partial charge is 0.243 e. The zero-order valence-electron chi connectivity index (χ0n) is 14.1. The van der Waals surface area contributed by atoms with Crippen LogP contribution in [0.15, 0.2) is 46.9 Å². The van der Waals surface area contributed by atoms with Gasteiger partial charge in [-0.2, -0.15) is 4.31 Å². The fourth-order valence-corrected chi connectivity index (χ4v) is 4.55. The van der Waals surface area contributed by atoms with Crippen LogP contribution in [-0.2, 0) is 27.8 Å². The number of carbonyl (C=O) groups is 1. The number of benzene rings is 2. The first-order chi connectivity index (χ1) is 12.3. The Hall–Kier alpha value is -1.77. The fourth-order valence-electron chi connectivity index (χ4n) is 2.99. The lowest BCUT2D eigenvalue weighted by atomic mass is 9.95. The van der Waals surface area contributed by atoms with Crippen molar-refractivity contribution in [2.45, 2.75) is 25.9 Å². The molecule has 0 fully saturated rings. The molecule has 3 rings (SSSR count). The molecular formula is C18H18BrFN2O3S. The van der Waals surface area contributed by atoms with Crippen LogP contribution >= 0.6 is 15.9 Å². The summed E-state index contributed by atoms with van der Waals surface area (Å²) in [4.78, 5) is 12.8. The van der Waals surface area contributed by atoms with E-state index < -0.39 is 27.8 Å². The summed E-state index contributed by atoms with van der Waals surface area (Å²) >= 11 is 3.16. The van der Waals surface area contributed by atoms with Gasteiger partial charge in [0, 0.05) is 11.0 Å². The van der Waals surface area contributed by atoms with Gasteiger partial charge in [0.05, 0.1) is 11.4 Å². The van der Waals surface area contributed by atoms with Crippen molar-refractivity contribution in [3.63, 3.8) is 0 Å². The second-order valence-electron chi connectivity index (χ2n) is 6.05. The van der Waals surface area contributed by atoms with E-state index >= 15 is 0 Å². The number of amides is 1. The lowest BCUT2D eigenvalue weighted by Crippen LogP contribution is -2.51. The minimum atomic E-state index is -3.60. The van der Waals surface area contributed by atoms with E-state index in [1.54, 1.807) is 13.0 Å². The molecule has 8 heteroatoms. The van der Waals surface area contributed by atoms with Crippen molar-refractivity contribution in [2.24, 2.45) is 0 Å². The first-order valence-electron chi connectivity index (χ1n) is 8.14. The quantitative estimate of drug-likeness (QED) is 0.792. The van der Waals surface area contributed by atoms with Crippen molar-refractivity contribution in [3.05, 3.63) is 63.9 Å². The van der Waals surface area contributed by atoms with Gasteiger partial charge in [0.2, 0.25) is 15.9 Å². The van der Waals surface area contributed by atoms with Crippen LogP contribution in [0.3, 0.4) is 0 Å². The summed E-state index contributed by atoms with van der Waals surface area (Å²) in [6, 6.07) is 10.8. The minimum absolute atomic E-state index is 0.0194. The molecule has 1 aliphatic heterocycles. The summed E-state index contributed by atoms with van der Waals surface area (Å²) < 4.78 is 40.8. The molecule has 0 unspecified atom stereocenters. The Bertz CT molecular complexity index is 949. The maximum atomic E-state index is 14.0. The zero-order valence-corrected chi connectivity index (χ0v) is 16.5. The van der Waals surface area contributed by atoms with E-state index in [9.17, 15) is 17.6 Å². The minimum Gasteiger partial charge on any atom is -0.322 e. The number of carbonyl (C=O) groups excluding carboxylic acids is 1. The normalized spacial score (nSPS) is 17.6. The van der Waals surface area contributed by atoms with Crippen LogP contribution in [-0.4, -0.2) is 30.4 Å². The van der Waals surface area contributed by atoms with Crippen LogP contribution in [0.25, 0.3) is 0 Å². The van der Waals surface area contributed by atoms with Crippen molar-refractivity contribution in [3.8, 4) is 0 Å². The first-order valence-corrected chi connectivity index (χ1v) is 10.5. The highest BCUT2D eigenvalue weighted by molar-refractivity contribution is 9.10. The Morgan fingerprint density at radius 1 is 1.27 bits per heavy atom. The molecule has 2 aromatic carbocycles. The van der Waals surface area contributed by atoms with E-state index in [0.717, 1.165) is 11.1 Å². The molecule has 0 radical (unpaired) electrons. The van der Waals surface area contributed by atoms with Gasteiger partial charge in [-0.05, 0) is 42.7 Å². The summed E-state index contributed by atoms with van der Waals surface area (Å²) in [5.74, 6) is -1.24. The average molecular weight is 441 g/mol. The second kappa shape index (κ2) is 7.46. The number of halogens is 2. The van der Waals surface area contributed by atoms with E-state index in [0.29, 0.717) is 4.47 Å². The van der Waals surface area contributed by atoms with Gasteiger partial charge in [0.25, 0.3) is 0 Å². The standard InChI is InChI=1S/C18H18BrFN2O3S/c1-2-26(24,25)22-11-13-6-4-3-5-12(13)9-17(22)18(23)21-16-8-7-14(19)10-15(16)20/h3-8,10,17H,2,9,11H2,1H3,(H,21,23)/t17-/m1/s1. The molecule has 1 N–H and O–H groups in total. The average Bonchev–Trinajstić information content (AvgIpc) is 2.62. The van der Waals surface area contributed by atoms with E-state index in [2.05, 4.69) is 21.2 Å². The first kappa shape index (κ1) is 19.0. The van der Waals surface area contributed by atoms with E-state index in [-0.39, 0.29) is 24.4 Å². The topological polar surface area (TPSA) is 66.5 Å². The molecule has 0 saturated heterocycles. The molecular weight excluding hydrogens is 423 g/mol. The summed E-state index contributed by atoms with van der Waals surface area (Å²) in [5.41, 5.74) is 1.82. The van der Waals surface area contributed by atoms with Gasteiger partial charge < -0.3 is 5.32 Å². The monoisotopic (exact) mass is 440 g/mol. The van der Waals surface area contributed by atoms with Crippen LogP contribution in [0.1, 0.15) is 18.1 Å². The van der Waals surface area contributed by atoms with Crippen molar-refractivity contribution >= 4 is 37.5 Å². The Labute approximate surface area is 160 Å². The summed E-state index contributed by atoms with van der Waals surface area (Å²) in [6.07, 6.45) is 0.249. The molecule has 1 amide bonds. The van der Waals surface area contributed by atoms with Crippen molar-refractivity contribution in [1.82, 2.24) is 4.31 Å². The number of hydrogen-bond acceptors (Lipinski definition) is 3. The Morgan fingerprint density at radius 3 is 2.62 bits per heavy atom. The van der Waals surface area contributed by atoms with Crippen LogP contribution in [0.4, 0.5) is 10.1 Å². The van der Waals surface area contributed by atoms with E-state index in [1.807, 2.05) is 24.3 Å². The number of nitrogens with one attached hydrogen (secondary N) is 1. The lowest BCUT2D eigenvalue weighted by molar-refractivity contribution is -0.120. The van der Waals surface area contributed by atoms with Crippen molar-refractivity contribution in [1.29, 1.82) is 0 Å². The molecule has 1 heterocycles. The maximum Gasteiger partial charge on any atom is 0.243 e. The molecule has 138 valence electrons. The number of anilines is 1. The zero-order chi connectivity index (χ0) is 18.9. The summed E-state index contributed by atoms with van der Waals surface area (Å²) in [5, 5.41) is 2.52. The van der Waals surface area contributed by atoms with Gasteiger partial charge in [-0.15, -0.1) is 0 Å². The third-order valence-corrected chi connectivity index (χ3v) is 6.74. The predicted octanol–water partition coefficient (Wildman–Crippen LogP) is 3.30. The number of sulfonamides is 1. The number of hydrogen-bond donors (Lipinski definition) is 1. The highest BCUT2D eigenvalue weighted by Crippen LogP contribution is 2.27. The summed E-state index contributed by atoms with van der Waals surface area (Å²) in [7, 11) is -3.60. The second-order valence-corrected chi connectivity index (χ2v) is 9.17. The van der Waals surface area contributed by atoms with Gasteiger partial charge >= 0.3 is 0 Å². The predicted molar refractivity (Wildman–Crippen MR) is 102 cm³/mol. The molecule has 0 spiro atoms. The highest BCUT2D eigenvalue weighted by atomic mass is 79.9. The Morgan fingerprint density at radius 2 is 1.96 bits per heavy atom. The summed E-state index contributed by atoms with van der Waals surface area (Å²) in [6.45, 7) is 1.67. The number of nitrogens with zero attached hydrogens (tertiary/aromatic N) is 1. The van der Waals surface area contributed by atoms with Crippen LogP contribution in [0.5, 0.6) is 0 Å². The van der Waals surface area contributed by atoms with E-state index in [4.69, 9.17) is 0 Å². The van der Waals surface area contributed by atoms with Gasteiger partial charge in [0.1, 0.15) is 11.9 Å². The number of fused-ring (bicyclic) bond motifs is 1. The molecule has 2 aromatic rings. The molecule has 0 aliphatic carbocycles. The van der Waals surface area contributed by atoms with Gasteiger partial charge in [-0.25, -0.2) is 12.8 Å². The third kappa shape index (κ3) is 3.82. The van der Waals surface area contributed by atoms with Crippen molar-refractivity contribution in [2.75, 3.05) is 11.1 Å². The molecule has 0 bridgehead atoms. The van der Waals surface area contributed by atoms with Gasteiger partial charge in [-0.1, -0.05) is 40.2 Å². The van der Waals surface area contributed by atoms with Gasteiger partial charge in [-0.3, -0.25) is 4.79 Å². The lowest BCUT2D eigenvalue weighted by Gasteiger charge is -2.34. The third-order valence-electron chi connectivity index (χ3n) is 4.42. The molecule has 0 aromatic heterocycles. The van der Waals surface area contributed by atoms with Gasteiger partial charge in [0.15, 0.2) is 0 Å². The van der Waals surface area contributed by atoms with E-state index in [1.165, 1.54) is 16.4 Å². The van der Waals surface area contributed by atoms with Crippen molar-refractivity contribution < 1.29 is 17.6 Å². The fraction of sp³-hybridized carbons (Fsp3) is 0.278. The largest absolute Gasteiger partial charge is 0.322 e. The van der Waals surface area contributed by atoms with Crippen LogP contribution in [0, 0.1) is 5.82 Å². The SMILES string of the molecule is CCS(=O)(=O)N1Cc2ccccc2C[C@@H]1C(=O)Nc1ccc(Br)cc1F. The molecule has 0 saturated carbocycles.